The maximum atomic E-state index is 7.42. The Morgan fingerprint density at radius 2 is 0.630 bits per heavy atom. The van der Waals surface area contributed by atoms with Gasteiger partial charge in [-0.2, -0.15) is 0 Å². The highest BCUT2D eigenvalue weighted by Crippen LogP contribution is 2.60. The summed E-state index contributed by atoms with van der Waals surface area (Å²) in [4.78, 5) is 0. The number of benzene rings is 6. The Bertz CT molecular complexity index is 1950. The van der Waals surface area contributed by atoms with Crippen LogP contribution in [-0.4, -0.2) is 42.5 Å². The molecule has 0 amide bonds. The van der Waals surface area contributed by atoms with Gasteiger partial charge in [0, 0.05) is 22.3 Å². The zero-order chi connectivity index (χ0) is 37.1. The summed E-state index contributed by atoms with van der Waals surface area (Å²) < 4.78 is 53.3. The van der Waals surface area contributed by atoms with Gasteiger partial charge < -0.3 is 37.6 Å². The third kappa shape index (κ3) is 5.83. The van der Waals surface area contributed by atoms with Crippen molar-refractivity contribution in [3.63, 3.8) is 0 Å². The molecule has 10 heteroatoms. The van der Waals surface area contributed by atoms with E-state index < -0.39 is 37.4 Å². The van der Waals surface area contributed by atoms with Crippen molar-refractivity contribution in [1.82, 2.24) is 0 Å². The van der Waals surface area contributed by atoms with Crippen LogP contribution in [0.25, 0.3) is 0 Å². The van der Waals surface area contributed by atoms with Crippen molar-refractivity contribution in [2.75, 3.05) is 28.4 Å². The first-order chi connectivity index (χ1) is 26.6. The molecule has 2 fully saturated rings. The second-order valence-corrected chi connectivity index (χ2v) is 13.1. The standard InChI is InChI=1S/C44H40B2O8/c1-47-37-27-15-11-23-33(37)43(34-24-12-16-28-38(34)48-2)41(31-19-7-5-8-20-31)51-45(53-43)46-52-42(32-21-9-6-10-22-32)44(54-46,35-25-13-17-29-39(35)49-3)36-26-14-18-30-40(36)50-4/h5-30,41-42H,1-4H3/t41-,42-/m0/s1. The van der Waals surface area contributed by atoms with E-state index in [1.54, 1.807) is 28.4 Å². The number of para-hydroxylation sites is 4. The van der Waals surface area contributed by atoms with Crippen molar-refractivity contribution in [1.29, 1.82) is 0 Å². The summed E-state index contributed by atoms with van der Waals surface area (Å²) in [5.74, 6) is 2.51. The predicted molar refractivity (Wildman–Crippen MR) is 208 cm³/mol. The van der Waals surface area contributed by atoms with Gasteiger partial charge >= 0.3 is 14.0 Å². The number of hydrogen-bond acceptors (Lipinski definition) is 8. The van der Waals surface area contributed by atoms with Crippen LogP contribution in [0, 0.1) is 0 Å². The molecule has 0 aromatic heterocycles. The molecule has 0 spiro atoms. The van der Waals surface area contributed by atoms with Gasteiger partial charge in [-0.05, 0) is 35.4 Å². The van der Waals surface area contributed by atoms with Crippen molar-refractivity contribution in [3.05, 3.63) is 191 Å². The van der Waals surface area contributed by atoms with Crippen LogP contribution < -0.4 is 18.9 Å². The van der Waals surface area contributed by atoms with Crippen LogP contribution in [0.1, 0.15) is 45.6 Å². The third-order valence-corrected chi connectivity index (χ3v) is 10.3. The summed E-state index contributed by atoms with van der Waals surface area (Å²) in [7, 11) is 4.49. The molecule has 0 unspecified atom stereocenters. The van der Waals surface area contributed by atoms with Crippen LogP contribution in [0.2, 0.25) is 0 Å². The van der Waals surface area contributed by atoms with Gasteiger partial charge in [-0.1, -0.05) is 133 Å². The highest BCUT2D eigenvalue weighted by molar-refractivity contribution is 7.11. The monoisotopic (exact) mass is 718 g/mol. The van der Waals surface area contributed by atoms with Gasteiger partial charge in [0.2, 0.25) is 0 Å². The zero-order valence-electron chi connectivity index (χ0n) is 30.6. The highest BCUT2D eigenvalue weighted by atomic mass is 16.7. The molecule has 0 radical (unpaired) electrons. The Balaban J connectivity index is 1.37. The van der Waals surface area contributed by atoms with Gasteiger partial charge in [-0.15, -0.1) is 0 Å². The predicted octanol–water partition coefficient (Wildman–Crippen LogP) is 8.54. The largest absolute Gasteiger partial charge is 0.496 e. The summed E-state index contributed by atoms with van der Waals surface area (Å²) in [6.45, 7) is 0. The van der Waals surface area contributed by atoms with Crippen molar-refractivity contribution in [3.8, 4) is 23.0 Å². The Labute approximate surface area is 316 Å². The second-order valence-electron chi connectivity index (χ2n) is 13.1. The molecule has 6 aromatic rings. The van der Waals surface area contributed by atoms with E-state index in [9.17, 15) is 0 Å². The van der Waals surface area contributed by atoms with E-state index in [1.807, 2.05) is 158 Å². The molecule has 6 aromatic carbocycles. The van der Waals surface area contributed by atoms with Crippen LogP contribution in [0.4, 0.5) is 0 Å². The van der Waals surface area contributed by atoms with Gasteiger partial charge in [-0.25, -0.2) is 0 Å². The van der Waals surface area contributed by atoms with Gasteiger partial charge in [0.25, 0.3) is 0 Å². The smallest absolute Gasteiger partial charge is 0.489 e. The lowest BCUT2D eigenvalue weighted by Gasteiger charge is -2.37. The molecule has 2 aliphatic heterocycles. The van der Waals surface area contributed by atoms with E-state index in [-0.39, 0.29) is 0 Å². The third-order valence-electron chi connectivity index (χ3n) is 10.3. The quantitative estimate of drug-likeness (QED) is 0.124. The fourth-order valence-corrected chi connectivity index (χ4v) is 8.04. The molecule has 2 atom stereocenters. The molecule has 8 nitrogen and oxygen atoms in total. The first-order valence-electron chi connectivity index (χ1n) is 17.9. The fraction of sp³-hybridized carbons (Fsp3) is 0.182. The average Bonchev–Trinajstić information content (AvgIpc) is 3.86. The number of methoxy groups -OCH3 is 4. The van der Waals surface area contributed by atoms with Crippen molar-refractivity contribution < 1.29 is 37.6 Å². The molecule has 2 saturated heterocycles. The molecule has 2 aliphatic rings. The van der Waals surface area contributed by atoms with Crippen molar-refractivity contribution >= 4 is 14.0 Å². The summed E-state index contributed by atoms with van der Waals surface area (Å²) >= 11 is 0. The van der Waals surface area contributed by atoms with E-state index in [0.29, 0.717) is 23.0 Å². The molecule has 2 heterocycles. The molecule has 0 bridgehead atoms. The van der Waals surface area contributed by atoms with Crippen LogP contribution in [0.15, 0.2) is 158 Å². The normalized spacial score (nSPS) is 18.7. The summed E-state index contributed by atoms with van der Waals surface area (Å²) in [6.07, 6.45) is -1.41. The topological polar surface area (TPSA) is 73.8 Å². The molecule has 8 rings (SSSR count). The molecule has 54 heavy (non-hydrogen) atoms. The number of ether oxygens (including phenoxy) is 4. The minimum atomic E-state index is -1.29. The van der Waals surface area contributed by atoms with Crippen LogP contribution >= 0.6 is 0 Å². The Morgan fingerprint density at radius 3 is 0.907 bits per heavy atom. The second kappa shape index (κ2) is 15.1. The summed E-state index contributed by atoms with van der Waals surface area (Å²) in [5, 5.41) is 0. The van der Waals surface area contributed by atoms with Crippen LogP contribution in [0.3, 0.4) is 0 Å². The van der Waals surface area contributed by atoms with E-state index in [4.69, 9.17) is 37.6 Å². The van der Waals surface area contributed by atoms with Crippen molar-refractivity contribution in [2.24, 2.45) is 0 Å². The maximum Gasteiger partial charge on any atom is 0.489 e. The molecular weight excluding hydrogens is 678 g/mol. The molecule has 0 aliphatic carbocycles. The SMILES string of the molecule is COc1ccccc1C1(c2ccccc2OC)OB(B2O[C@@H](c3ccccc3)C(c3ccccc3OC)(c3ccccc3OC)O2)O[C@H]1c1ccccc1. The molecule has 270 valence electrons. The first kappa shape index (κ1) is 35.5. The zero-order valence-corrected chi connectivity index (χ0v) is 30.6. The van der Waals surface area contributed by atoms with E-state index in [1.165, 1.54) is 0 Å². The van der Waals surface area contributed by atoms with Gasteiger partial charge in [0.15, 0.2) is 0 Å². The average molecular weight is 718 g/mol. The minimum Gasteiger partial charge on any atom is -0.496 e. The molecule has 0 N–H and O–H groups in total. The lowest BCUT2D eigenvalue weighted by Crippen LogP contribution is -2.43. The Kier molecular flexibility index (Phi) is 9.92. The summed E-state index contributed by atoms with van der Waals surface area (Å²) in [5.41, 5.74) is 2.21. The van der Waals surface area contributed by atoms with Gasteiger partial charge in [0.1, 0.15) is 46.4 Å². The van der Waals surface area contributed by atoms with Crippen LogP contribution in [0.5, 0.6) is 23.0 Å². The maximum absolute atomic E-state index is 7.42. The highest BCUT2D eigenvalue weighted by Gasteiger charge is 2.67. The minimum absolute atomic E-state index is 0.626. The van der Waals surface area contributed by atoms with E-state index in [2.05, 4.69) is 0 Å². The van der Waals surface area contributed by atoms with E-state index >= 15 is 0 Å². The molecule has 0 saturated carbocycles. The van der Waals surface area contributed by atoms with Crippen LogP contribution in [-0.2, 0) is 29.8 Å². The first-order valence-corrected chi connectivity index (χ1v) is 17.9. The van der Waals surface area contributed by atoms with Crippen molar-refractivity contribution in [2.45, 2.75) is 23.4 Å². The summed E-state index contributed by atoms with van der Waals surface area (Å²) in [6, 6.07) is 51.4. The van der Waals surface area contributed by atoms with Gasteiger partial charge in [0.05, 0.1) is 28.4 Å². The lowest BCUT2D eigenvalue weighted by atomic mass is 9.49. The van der Waals surface area contributed by atoms with E-state index in [0.717, 1.165) is 33.4 Å². The lowest BCUT2D eigenvalue weighted by molar-refractivity contribution is 0.0665. The Hall–Kier alpha value is -5.51. The number of rotatable bonds is 11. The van der Waals surface area contributed by atoms with Gasteiger partial charge in [-0.3, -0.25) is 0 Å². The number of hydrogen-bond donors (Lipinski definition) is 0. The Morgan fingerprint density at radius 1 is 0.370 bits per heavy atom. The molecular formula is C44H40B2O8. The fourth-order valence-electron chi connectivity index (χ4n) is 8.04.